The molecule has 1 aliphatic rings. The SMILES string of the molecule is C[C@@H]1CN(S(C)(=O)=O)CC[C@@H]1NCc1ccccc1Cl. The molecular formula is C14H21ClN2O2S. The monoisotopic (exact) mass is 316 g/mol. The maximum absolute atomic E-state index is 11.6. The molecule has 0 aromatic heterocycles. The largest absolute Gasteiger partial charge is 0.310 e. The van der Waals surface area contributed by atoms with Crippen LogP contribution in [0.5, 0.6) is 0 Å². The number of rotatable bonds is 4. The molecule has 1 saturated heterocycles. The van der Waals surface area contributed by atoms with Gasteiger partial charge < -0.3 is 5.32 Å². The van der Waals surface area contributed by atoms with Crippen LogP contribution in [-0.4, -0.2) is 38.1 Å². The Kier molecular flexibility index (Phi) is 5.07. The van der Waals surface area contributed by atoms with Gasteiger partial charge in [0.1, 0.15) is 0 Å². The van der Waals surface area contributed by atoms with Crippen molar-refractivity contribution in [3.63, 3.8) is 0 Å². The van der Waals surface area contributed by atoms with Crippen molar-refractivity contribution in [3.05, 3.63) is 34.9 Å². The predicted molar refractivity (Wildman–Crippen MR) is 82.3 cm³/mol. The lowest BCUT2D eigenvalue weighted by molar-refractivity contribution is 0.220. The van der Waals surface area contributed by atoms with Crippen LogP contribution in [0.1, 0.15) is 18.9 Å². The van der Waals surface area contributed by atoms with Crippen LogP contribution < -0.4 is 5.32 Å². The predicted octanol–water partition coefficient (Wildman–Crippen LogP) is 2.10. The molecule has 1 heterocycles. The van der Waals surface area contributed by atoms with Crippen LogP contribution in [0.2, 0.25) is 5.02 Å². The van der Waals surface area contributed by atoms with Gasteiger partial charge >= 0.3 is 0 Å². The van der Waals surface area contributed by atoms with E-state index in [-0.39, 0.29) is 0 Å². The third kappa shape index (κ3) is 3.95. The first-order valence-corrected chi connectivity index (χ1v) is 9.02. The summed E-state index contributed by atoms with van der Waals surface area (Å²) in [4.78, 5) is 0. The number of hydrogen-bond acceptors (Lipinski definition) is 3. The molecular weight excluding hydrogens is 296 g/mol. The van der Waals surface area contributed by atoms with Crippen LogP contribution in [0.15, 0.2) is 24.3 Å². The highest BCUT2D eigenvalue weighted by atomic mass is 35.5. The first kappa shape index (κ1) is 15.8. The molecule has 20 heavy (non-hydrogen) atoms. The lowest BCUT2D eigenvalue weighted by atomic mass is 9.95. The van der Waals surface area contributed by atoms with E-state index in [2.05, 4.69) is 12.2 Å². The van der Waals surface area contributed by atoms with Crippen LogP contribution in [0, 0.1) is 5.92 Å². The van der Waals surface area contributed by atoms with E-state index in [0.29, 0.717) is 31.6 Å². The normalized spacial score (nSPS) is 24.8. The van der Waals surface area contributed by atoms with Crippen LogP contribution in [0.25, 0.3) is 0 Å². The molecule has 2 rings (SSSR count). The topological polar surface area (TPSA) is 49.4 Å². The molecule has 0 spiro atoms. The minimum Gasteiger partial charge on any atom is -0.310 e. The summed E-state index contributed by atoms with van der Waals surface area (Å²) in [6, 6.07) is 8.10. The Hall–Kier alpha value is -0.620. The molecule has 0 saturated carbocycles. The van der Waals surface area contributed by atoms with E-state index in [1.54, 1.807) is 4.31 Å². The molecule has 1 aromatic rings. The van der Waals surface area contributed by atoms with E-state index < -0.39 is 10.0 Å². The zero-order chi connectivity index (χ0) is 14.8. The van der Waals surface area contributed by atoms with E-state index in [0.717, 1.165) is 17.0 Å². The van der Waals surface area contributed by atoms with Gasteiger partial charge in [-0.25, -0.2) is 12.7 Å². The smallest absolute Gasteiger partial charge is 0.211 e. The number of nitrogens with zero attached hydrogens (tertiary/aromatic N) is 1. The zero-order valence-corrected chi connectivity index (χ0v) is 13.4. The van der Waals surface area contributed by atoms with Crippen LogP contribution in [0.4, 0.5) is 0 Å². The van der Waals surface area contributed by atoms with Gasteiger partial charge in [-0.05, 0) is 24.0 Å². The summed E-state index contributed by atoms with van der Waals surface area (Å²) < 4.78 is 24.7. The Balaban J connectivity index is 1.91. The third-order valence-electron chi connectivity index (χ3n) is 3.85. The Bertz CT molecular complexity index is 562. The van der Waals surface area contributed by atoms with Gasteiger partial charge in [-0.1, -0.05) is 36.7 Å². The molecule has 1 aliphatic heterocycles. The Morgan fingerprint density at radius 2 is 2.10 bits per heavy atom. The second kappa shape index (κ2) is 6.43. The van der Waals surface area contributed by atoms with Gasteiger partial charge in [0.05, 0.1) is 6.26 Å². The molecule has 1 N–H and O–H groups in total. The molecule has 112 valence electrons. The molecule has 0 aliphatic carbocycles. The Labute approximate surface area is 126 Å². The highest BCUT2D eigenvalue weighted by Gasteiger charge is 2.30. The third-order valence-corrected chi connectivity index (χ3v) is 5.49. The van der Waals surface area contributed by atoms with E-state index in [1.807, 2.05) is 24.3 Å². The van der Waals surface area contributed by atoms with Gasteiger partial charge in [-0.3, -0.25) is 0 Å². The minimum atomic E-state index is -3.07. The summed E-state index contributed by atoms with van der Waals surface area (Å²) in [6.45, 7) is 3.97. The zero-order valence-electron chi connectivity index (χ0n) is 11.8. The van der Waals surface area contributed by atoms with Gasteiger partial charge in [0.25, 0.3) is 0 Å². The van der Waals surface area contributed by atoms with E-state index in [4.69, 9.17) is 11.6 Å². The maximum atomic E-state index is 11.6. The van der Waals surface area contributed by atoms with Gasteiger partial charge in [-0.2, -0.15) is 0 Å². The first-order valence-electron chi connectivity index (χ1n) is 6.80. The average molecular weight is 317 g/mol. The van der Waals surface area contributed by atoms with E-state index in [1.165, 1.54) is 6.26 Å². The van der Waals surface area contributed by atoms with Gasteiger partial charge in [-0.15, -0.1) is 0 Å². The molecule has 0 unspecified atom stereocenters. The van der Waals surface area contributed by atoms with Crippen molar-refractivity contribution in [3.8, 4) is 0 Å². The fraction of sp³-hybridized carbons (Fsp3) is 0.571. The molecule has 0 amide bonds. The van der Waals surface area contributed by atoms with Crippen molar-refractivity contribution in [1.82, 2.24) is 9.62 Å². The maximum Gasteiger partial charge on any atom is 0.211 e. The quantitative estimate of drug-likeness (QED) is 0.925. The summed E-state index contributed by atoms with van der Waals surface area (Å²) in [5.41, 5.74) is 1.08. The van der Waals surface area contributed by atoms with Crippen molar-refractivity contribution in [2.24, 2.45) is 5.92 Å². The molecule has 1 aromatic carbocycles. The fourth-order valence-corrected chi connectivity index (χ4v) is 3.74. The first-order chi connectivity index (χ1) is 9.38. The van der Waals surface area contributed by atoms with Crippen molar-refractivity contribution in [1.29, 1.82) is 0 Å². The molecule has 0 bridgehead atoms. The van der Waals surface area contributed by atoms with Crippen LogP contribution in [0.3, 0.4) is 0 Å². The number of piperidine rings is 1. The number of benzene rings is 1. The highest BCUT2D eigenvalue weighted by molar-refractivity contribution is 7.88. The number of sulfonamides is 1. The van der Waals surface area contributed by atoms with Crippen molar-refractivity contribution < 1.29 is 8.42 Å². The highest BCUT2D eigenvalue weighted by Crippen LogP contribution is 2.20. The minimum absolute atomic E-state index is 0.293. The number of hydrogen-bond donors (Lipinski definition) is 1. The molecule has 2 atom stereocenters. The van der Waals surface area contributed by atoms with Crippen molar-refractivity contribution >= 4 is 21.6 Å². The molecule has 6 heteroatoms. The summed E-state index contributed by atoms with van der Waals surface area (Å²) in [6.07, 6.45) is 2.11. The average Bonchev–Trinajstić information content (AvgIpc) is 2.38. The molecule has 1 fully saturated rings. The fourth-order valence-electron chi connectivity index (χ4n) is 2.59. The van der Waals surface area contributed by atoms with Crippen molar-refractivity contribution in [2.75, 3.05) is 19.3 Å². The molecule has 4 nitrogen and oxygen atoms in total. The van der Waals surface area contributed by atoms with Crippen LogP contribution in [-0.2, 0) is 16.6 Å². The summed E-state index contributed by atoms with van der Waals surface area (Å²) in [5, 5.41) is 4.26. The van der Waals surface area contributed by atoms with Gasteiger partial charge in [0.2, 0.25) is 10.0 Å². The lowest BCUT2D eigenvalue weighted by Gasteiger charge is -2.36. The van der Waals surface area contributed by atoms with E-state index in [9.17, 15) is 8.42 Å². The summed E-state index contributed by atoms with van der Waals surface area (Å²) in [5.74, 6) is 0.293. The van der Waals surface area contributed by atoms with Gasteiger partial charge in [0.15, 0.2) is 0 Å². The number of nitrogens with one attached hydrogen (secondary N) is 1. The van der Waals surface area contributed by atoms with Crippen molar-refractivity contribution in [2.45, 2.75) is 25.9 Å². The second-order valence-corrected chi connectivity index (χ2v) is 7.86. The summed E-state index contributed by atoms with van der Waals surface area (Å²) in [7, 11) is -3.07. The van der Waals surface area contributed by atoms with Gasteiger partial charge in [0, 0.05) is 30.7 Å². The second-order valence-electron chi connectivity index (χ2n) is 5.47. The lowest BCUT2D eigenvalue weighted by Crippen LogP contribution is -2.49. The Morgan fingerprint density at radius 1 is 1.40 bits per heavy atom. The summed E-state index contributed by atoms with van der Waals surface area (Å²) >= 11 is 6.13. The number of halogens is 1. The van der Waals surface area contributed by atoms with E-state index >= 15 is 0 Å². The standard InChI is InChI=1S/C14H21ClN2O2S/c1-11-10-17(20(2,18)19)8-7-14(11)16-9-12-5-3-4-6-13(12)15/h3-6,11,14,16H,7-10H2,1-2H3/t11-,14+/m1/s1. The Morgan fingerprint density at radius 3 is 2.70 bits per heavy atom. The van der Waals surface area contributed by atoms with Crippen LogP contribution >= 0.6 is 11.6 Å². The molecule has 0 radical (unpaired) electrons.